The summed E-state index contributed by atoms with van der Waals surface area (Å²) in [6, 6.07) is 7.86. The van der Waals surface area contributed by atoms with E-state index < -0.39 is 0 Å². The number of hydrogen-bond acceptors (Lipinski definition) is 3. The summed E-state index contributed by atoms with van der Waals surface area (Å²) in [5.74, 6) is 0.788. The number of amides is 1. The van der Waals surface area contributed by atoms with Crippen LogP contribution in [0.3, 0.4) is 0 Å². The first kappa shape index (κ1) is 16.5. The van der Waals surface area contributed by atoms with Gasteiger partial charge in [-0.15, -0.1) is 0 Å². The van der Waals surface area contributed by atoms with Crippen molar-refractivity contribution in [3.05, 3.63) is 29.8 Å². The zero-order valence-electron chi connectivity index (χ0n) is 12.7. The topological polar surface area (TPSA) is 38.8 Å². The molecular formula is C16H25NO3. The van der Waals surface area contributed by atoms with Gasteiger partial charge in [0.05, 0.1) is 13.2 Å². The molecule has 1 amide bonds. The van der Waals surface area contributed by atoms with Gasteiger partial charge in [-0.3, -0.25) is 4.79 Å². The first-order valence-corrected chi connectivity index (χ1v) is 7.37. The fraction of sp³-hybridized carbons (Fsp3) is 0.562. The van der Waals surface area contributed by atoms with Gasteiger partial charge in [-0.2, -0.15) is 0 Å². The van der Waals surface area contributed by atoms with E-state index in [1.54, 1.807) is 4.90 Å². The average molecular weight is 279 g/mol. The Hall–Kier alpha value is -1.55. The second-order valence-corrected chi connectivity index (χ2v) is 4.28. The van der Waals surface area contributed by atoms with E-state index in [0.29, 0.717) is 26.3 Å². The van der Waals surface area contributed by atoms with E-state index in [1.807, 2.05) is 32.0 Å². The van der Waals surface area contributed by atoms with Crippen LogP contribution in [-0.2, 0) is 16.0 Å². The highest BCUT2D eigenvalue weighted by molar-refractivity contribution is 5.77. The second kappa shape index (κ2) is 9.37. The predicted molar refractivity (Wildman–Crippen MR) is 80.1 cm³/mol. The van der Waals surface area contributed by atoms with Crippen molar-refractivity contribution in [2.24, 2.45) is 0 Å². The van der Waals surface area contributed by atoms with E-state index in [2.05, 4.69) is 13.0 Å². The Balaban J connectivity index is 0.000000956. The highest BCUT2D eigenvalue weighted by atomic mass is 16.5. The third-order valence-corrected chi connectivity index (χ3v) is 3.03. The normalized spacial score (nSPS) is 14.2. The van der Waals surface area contributed by atoms with Gasteiger partial charge in [-0.1, -0.05) is 32.9 Å². The van der Waals surface area contributed by atoms with Gasteiger partial charge in [-0.05, 0) is 24.1 Å². The van der Waals surface area contributed by atoms with Gasteiger partial charge < -0.3 is 14.4 Å². The maximum Gasteiger partial charge on any atom is 0.260 e. The number of benzene rings is 1. The van der Waals surface area contributed by atoms with Crippen LogP contribution >= 0.6 is 0 Å². The number of carbonyl (C=O) groups is 1. The fourth-order valence-electron chi connectivity index (χ4n) is 1.90. The molecule has 1 heterocycles. The minimum absolute atomic E-state index is 0.0280. The molecule has 1 saturated heterocycles. The van der Waals surface area contributed by atoms with Gasteiger partial charge in [0.15, 0.2) is 6.61 Å². The Morgan fingerprint density at radius 1 is 1.30 bits per heavy atom. The van der Waals surface area contributed by atoms with E-state index in [1.165, 1.54) is 5.56 Å². The molecule has 0 spiro atoms. The van der Waals surface area contributed by atoms with Crippen molar-refractivity contribution in [1.29, 1.82) is 0 Å². The molecule has 4 heteroatoms. The number of rotatable bonds is 4. The first-order chi connectivity index (χ1) is 9.79. The molecule has 1 aliphatic heterocycles. The smallest absolute Gasteiger partial charge is 0.260 e. The molecule has 0 saturated carbocycles. The van der Waals surface area contributed by atoms with Crippen molar-refractivity contribution >= 4 is 5.91 Å². The molecule has 1 aliphatic rings. The summed E-state index contributed by atoms with van der Waals surface area (Å²) < 4.78 is 10.7. The van der Waals surface area contributed by atoms with Gasteiger partial charge in [0.2, 0.25) is 0 Å². The van der Waals surface area contributed by atoms with E-state index in [4.69, 9.17) is 9.47 Å². The number of ether oxygens (including phenoxy) is 2. The van der Waals surface area contributed by atoms with Crippen LogP contribution in [0.25, 0.3) is 0 Å². The minimum atomic E-state index is 0.0280. The third-order valence-electron chi connectivity index (χ3n) is 3.03. The number of aryl methyl sites for hydroxylation is 1. The van der Waals surface area contributed by atoms with Crippen LogP contribution < -0.4 is 4.74 Å². The number of carbonyl (C=O) groups excluding carboxylic acids is 1. The monoisotopic (exact) mass is 279 g/mol. The maximum absolute atomic E-state index is 11.9. The van der Waals surface area contributed by atoms with E-state index >= 15 is 0 Å². The third kappa shape index (κ3) is 5.21. The van der Waals surface area contributed by atoms with Crippen LogP contribution in [-0.4, -0.2) is 43.7 Å². The highest BCUT2D eigenvalue weighted by Crippen LogP contribution is 2.13. The Morgan fingerprint density at radius 2 is 2.00 bits per heavy atom. The molecule has 0 aliphatic carbocycles. The molecule has 0 aromatic heterocycles. The molecule has 112 valence electrons. The molecule has 1 aromatic carbocycles. The first-order valence-electron chi connectivity index (χ1n) is 7.37. The molecule has 2 rings (SSSR count). The van der Waals surface area contributed by atoms with Crippen LogP contribution in [0.1, 0.15) is 26.3 Å². The summed E-state index contributed by atoms with van der Waals surface area (Å²) in [6.45, 7) is 8.77. The molecule has 1 fully saturated rings. The molecule has 0 radical (unpaired) electrons. The van der Waals surface area contributed by atoms with Crippen molar-refractivity contribution in [3.8, 4) is 5.75 Å². The Kier molecular flexibility index (Phi) is 7.73. The zero-order valence-corrected chi connectivity index (χ0v) is 12.7. The van der Waals surface area contributed by atoms with Gasteiger partial charge in [-0.25, -0.2) is 0 Å². The molecule has 0 unspecified atom stereocenters. The summed E-state index contributed by atoms with van der Waals surface area (Å²) in [4.78, 5) is 13.7. The standard InChI is InChI=1S/C14H19NO3.C2H6/c1-2-12-4-3-5-13(10-12)18-11-14(16)15-6-8-17-9-7-15;1-2/h3-5,10H,2,6-9,11H2,1H3;1-2H3. The van der Waals surface area contributed by atoms with Crippen LogP contribution in [0.2, 0.25) is 0 Å². The molecule has 0 N–H and O–H groups in total. The lowest BCUT2D eigenvalue weighted by Gasteiger charge is -2.26. The van der Waals surface area contributed by atoms with Crippen LogP contribution in [0.5, 0.6) is 5.75 Å². The molecular weight excluding hydrogens is 254 g/mol. The predicted octanol–water partition coefficient (Wildman–Crippen LogP) is 2.51. The summed E-state index contributed by atoms with van der Waals surface area (Å²) >= 11 is 0. The summed E-state index contributed by atoms with van der Waals surface area (Å²) in [6.07, 6.45) is 0.967. The molecule has 4 nitrogen and oxygen atoms in total. The molecule has 0 atom stereocenters. The molecule has 20 heavy (non-hydrogen) atoms. The van der Waals surface area contributed by atoms with Gasteiger partial charge in [0.1, 0.15) is 5.75 Å². The van der Waals surface area contributed by atoms with Crippen molar-refractivity contribution < 1.29 is 14.3 Å². The molecule has 1 aromatic rings. The van der Waals surface area contributed by atoms with Crippen molar-refractivity contribution in [3.63, 3.8) is 0 Å². The Morgan fingerprint density at radius 3 is 2.65 bits per heavy atom. The van der Waals surface area contributed by atoms with Crippen molar-refractivity contribution in [2.75, 3.05) is 32.9 Å². The maximum atomic E-state index is 11.9. The lowest BCUT2D eigenvalue weighted by Crippen LogP contribution is -2.42. The van der Waals surface area contributed by atoms with Crippen molar-refractivity contribution in [1.82, 2.24) is 4.90 Å². The highest BCUT2D eigenvalue weighted by Gasteiger charge is 2.16. The lowest BCUT2D eigenvalue weighted by molar-refractivity contribution is -0.137. The Bertz CT molecular complexity index is 400. The largest absolute Gasteiger partial charge is 0.484 e. The van der Waals surface area contributed by atoms with E-state index in [0.717, 1.165) is 12.2 Å². The number of morpholine rings is 1. The quantitative estimate of drug-likeness (QED) is 0.850. The second-order valence-electron chi connectivity index (χ2n) is 4.28. The summed E-state index contributed by atoms with van der Waals surface area (Å²) in [5, 5.41) is 0. The van der Waals surface area contributed by atoms with Gasteiger partial charge >= 0.3 is 0 Å². The minimum Gasteiger partial charge on any atom is -0.484 e. The van der Waals surface area contributed by atoms with Crippen molar-refractivity contribution in [2.45, 2.75) is 27.2 Å². The lowest BCUT2D eigenvalue weighted by atomic mass is 10.2. The van der Waals surface area contributed by atoms with E-state index in [-0.39, 0.29) is 12.5 Å². The molecule has 0 bridgehead atoms. The summed E-state index contributed by atoms with van der Waals surface area (Å²) in [7, 11) is 0. The SMILES string of the molecule is CC.CCc1cccc(OCC(=O)N2CCOCC2)c1. The van der Waals surface area contributed by atoms with Gasteiger partial charge in [0, 0.05) is 13.1 Å². The van der Waals surface area contributed by atoms with Crippen LogP contribution in [0, 0.1) is 0 Å². The van der Waals surface area contributed by atoms with E-state index in [9.17, 15) is 4.79 Å². The fourth-order valence-corrected chi connectivity index (χ4v) is 1.90. The average Bonchev–Trinajstić information content (AvgIpc) is 2.55. The Labute approximate surface area is 121 Å². The van der Waals surface area contributed by atoms with Crippen LogP contribution in [0.4, 0.5) is 0 Å². The number of hydrogen-bond donors (Lipinski definition) is 0. The number of nitrogens with zero attached hydrogens (tertiary/aromatic N) is 1. The summed E-state index contributed by atoms with van der Waals surface area (Å²) in [5.41, 5.74) is 1.21. The van der Waals surface area contributed by atoms with Gasteiger partial charge in [0.25, 0.3) is 5.91 Å². The zero-order chi connectivity index (χ0) is 14.8. The van der Waals surface area contributed by atoms with Crippen LogP contribution in [0.15, 0.2) is 24.3 Å².